The van der Waals surface area contributed by atoms with Crippen molar-refractivity contribution in [1.82, 2.24) is 0 Å². The number of hydrogen-bond acceptors (Lipinski definition) is 1. The third-order valence-electron chi connectivity index (χ3n) is 17.1. The van der Waals surface area contributed by atoms with Crippen LogP contribution in [0.3, 0.4) is 0 Å². The highest BCUT2D eigenvalue weighted by Gasteiger charge is 2.35. The van der Waals surface area contributed by atoms with E-state index in [0.29, 0.717) is 10.6 Å². The van der Waals surface area contributed by atoms with Gasteiger partial charge in [-0.1, -0.05) is 297 Å². The summed E-state index contributed by atoms with van der Waals surface area (Å²) < 4.78 is 14.6. The van der Waals surface area contributed by atoms with Gasteiger partial charge in [0.2, 0.25) is 0 Å². The van der Waals surface area contributed by atoms with Gasteiger partial charge >= 0.3 is 0 Å². The minimum absolute atomic E-state index is 0.256. The lowest BCUT2D eigenvalue weighted by Crippen LogP contribution is -2.74. The Morgan fingerprint density at radius 3 is 0.658 bits per heavy atom. The number of nitriles is 1. The van der Waals surface area contributed by atoms with Gasteiger partial charge in [0, 0.05) is 5.02 Å². The molecule has 12 rings (SSSR count). The number of nitrogens with zero attached hydrogens (tertiary/aromatic N) is 1. The second-order valence-corrected chi connectivity index (χ2v) is 21.4. The van der Waals surface area contributed by atoms with Gasteiger partial charge in [-0.2, -0.15) is 70.8 Å². The van der Waals surface area contributed by atoms with Crippen LogP contribution in [-0.4, -0.2) is 18.4 Å². The molecule has 0 amide bonds. The highest BCUT2D eigenvalue weighted by Crippen LogP contribution is 2.24. The minimum atomic E-state index is -1.73. The molecule has 12 aromatic rings. The Hall–Kier alpha value is -9.46. The fraction of sp³-hybridized carbons (Fsp3) is 0. The number of hydrogen-bond donors (Lipinski definition) is 0. The maximum atomic E-state index is 14.6. The maximum absolute atomic E-state index is 14.6. The number of halogens is 2. The van der Waals surface area contributed by atoms with Crippen molar-refractivity contribution in [3.8, 4) is 28.3 Å². The van der Waals surface area contributed by atoms with E-state index >= 15 is 0 Å². The zero-order valence-corrected chi connectivity index (χ0v) is 44.3. The van der Waals surface area contributed by atoms with E-state index in [1.807, 2.05) is 48.5 Å². The molecule has 1 atom stereocenters. The number of rotatable bonds is 14. The molecule has 0 N–H and O–H groups in total. The Kier molecular flexibility index (Phi) is 14.0. The zero-order chi connectivity index (χ0) is 53.7. The highest BCUT2D eigenvalue weighted by molar-refractivity contribution is 7.21. The molecule has 0 aliphatic heterocycles. The molecule has 0 aromatic heterocycles. The normalized spacial score (nSPS) is 12.3. The molecule has 0 saturated heterocycles. The van der Waals surface area contributed by atoms with E-state index in [2.05, 4.69) is 267 Å². The van der Waals surface area contributed by atoms with Gasteiger partial charge in [-0.15, -0.1) is 0 Å². The summed E-state index contributed by atoms with van der Waals surface area (Å²) in [5.41, 5.74) is 19.1. The predicted octanol–water partition coefficient (Wildman–Crippen LogP) is 9.82. The molecule has 0 saturated carbocycles. The van der Waals surface area contributed by atoms with Crippen LogP contribution in [0.4, 0.5) is 4.39 Å². The SMILES string of the molecule is N#Cc1ccc([B-](c2ccccc2)(c2ccccc2)c2ccc(-c3ccc([B-](c4ccccc4)(c4ccc(Cl)cc4)c4ccc(-c5ccc([B-](c6ccccc6)(c6ccccc6)c6ccc(F)cc6)cc5)cc4)cc3)cc2)cc1. The van der Waals surface area contributed by atoms with Crippen molar-refractivity contribution < 1.29 is 4.39 Å². The van der Waals surface area contributed by atoms with Crippen molar-refractivity contribution in [3.05, 3.63) is 338 Å². The van der Waals surface area contributed by atoms with Gasteiger partial charge in [0.1, 0.15) is 24.3 Å². The van der Waals surface area contributed by atoms with Crippen LogP contribution in [-0.2, 0) is 0 Å². The first-order chi connectivity index (χ1) is 38.9. The summed E-state index contributed by atoms with van der Waals surface area (Å²) >= 11 is 6.67. The van der Waals surface area contributed by atoms with Crippen LogP contribution in [0.2, 0.25) is 5.02 Å². The molecule has 12 aromatic carbocycles. The van der Waals surface area contributed by atoms with Gasteiger partial charge < -0.3 is 0 Å². The molecular weight excluding hydrogens is 978 g/mol. The molecule has 0 aliphatic rings. The first-order valence-corrected chi connectivity index (χ1v) is 27.5. The van der Waals surface area contributed by atoms with Crippen molar-refractivity contribution in [3.63, 3.8) is 0 Å². The Morgan fingerprint density at radius 2 is 0.430 bits per heavy atom. The van der Waals surface area contributed by atoms with E-state index < -0.39 is 18.4 Å². The van der Waals surface area contributed by atoms with E-state index in [1.54, 1.807) is 12.1 Å². The van der Waals surface area contributed by atoms with Crippen molar-refractivity contribution >= 4 is 95.6 Å². The molecule has 6 heteroatoms. The van der Waals surface area contributed by atoms with Gasteiger partial charge in [-0.25, -0.2) is 4.39 Å². The molecule has 1 nitrogen and oxygen atoms in total. The molecule has 0 bridgehead atoms. The standard InChI is InChI=1S/C73H53B3ClFN/c77-72-50-46-70(47-51-72)76(64-24-14-5-15-25-64,69-44-34-59(35-45-69)57-30-40-67(41-31-57)75(62-20-10-3-11-21-62,63-22-12-4-13-23-63)71-48-52-73(78)53-49-71)68-42-32-58(33-43-68)56-28-38-66(39-29-56)74(60-16-6-1-7-17-60,61-18-8-2-9-19-61)65-36-26-55(54-79)27-37-65/h1-53H/q-3. The van der Waals surface area contributed by atoms with Crippen LogP contribution in [0.25, 0.3) is 22.3 Å². The monoisotopic (exact) mass is 1030 g/mol. The summed E-state index contributed by atoms with van der Waals surface area (Å²) in [6.45, 7) is 0. The van der Waals surface area contributed by atoms with Crippen molar-refractivity contribution in [1.29, 1.82) is 5.26 Å². The van der Waals surface area contributed by atoms with Gasteiger partial charge in [0.15, 0.2) is 0 Å². The molecular formula is C73H53B3ClFN-3. The first-order valence-electron chi connectivity index (χ1n) is 27.1. The number of benzene rings is 12. The van der Waals surface area contributed by atoms with E-state index in [-0.39, 0.29) is 5.82 Å². The highest BCUT2D eigenvalue weighted by atomic mass is 35.5. The van der Waals surface area contributed by atoms with E-state index in [0.717, 1.165) is 55.0 Å². The summed E-state index contributed by atoms with van der Waals surface area (Å²) in [7, 11) is 0. The first kappa shape index (κ1) is 50.4. The lowest BCUT2D eigenvalue weighted by atomic mass is 9.13. The lowest BCUT2D eigenvalue weighted by Gasteiger charge is -2.44. The van der Waals surface area contributed by atoms with E-state index in [9.17, 15) is 9.65 Å². The Bertz CT molecular complexity index is 3930. The quantitative estimate of drug-likeness (QED) is 0.0997. The topological polar surface area (TPSA) is 23.8 Å². The minimum Gasteiger partial charge on any atom is -0.207 e. The largest absolute Gasteiger partial charge is 0.207 e. The predicted molar refractivity (Wildman–Crippen MR) is 338 cm³/mol. The fourth-order valence-electron chi connectivity index (χ4n) is 13.4. The molecule has 0 radical (unpaired) electrons. The van der Waals surface area contributed by atoms with Gasteiger partial charge in [0.05, 0.1) is 11.6 Å². The van der Waals surface area contributed by atoms with Gasteiger partial charge in [-0.05, 0) is 58.7 Å². The van der Waals surface area contributed by atoms with Crippen LogP contribution in [0, 0.1) is 17.1 Å². The summed E-state index contributed by atoms with van der Waals surface area (Å²) in [4.78, 5) is 0. The van der Waals surface area contributed by atoms with Gasteiger partial charge in [-0.3, -0.25) is 0 Å². The van der Waals surface area contributed by atoms with Crippen LogP contribution in [0.5, 0.6) is 0 Å². The average molecular weight is 1030 g/mol. The molecule has 1 unspecified atom stereocenters. The molecule has 79 heavy (non-hydrogen) atoms. The van der Waals surface area contributed by atoms with E-state index in [4.69, 9.17) is 11.6 Å². The lowest BCUT2D eigenvalue weighted by molar-refractivity contribution is 0.628. The van der Waals surface area contributed by atoms with Crippen LogP contribution < -0.4 is 65.6 Å². The van der Waals surface area contributed by atoms with Crippen LogP contribution in [0.1, 0.15) is 5.56 Å². The second kappa shape index (κ2) is 21.9. The molecule has 0 fully saturated rings. The van der Waals surface area contributed by atoms with Crippen LogP contribution in [0.15, 0.2) is 322 Å². The fourth-order valence-corrected chi connectivity index (χ4v) is 13.5. The van der Waals surface area contributed by atoms with Crippen molar-refractivity contribution in [2.45, 2.75) is 0 Å². The molecule has 0 spiro atoms. The average Bonchev–Trinajstić information content (AvgIpc) is 3.62. The van der Waals surface area contributed by atoms with Gasteiger partial charge in [0.25, 0.3) is 0 Å². The molecule has 0 aliphatic carbocycles. The van der Waals surface area contributed by atoms with Crippen LogP contribution >= 0.6 is 11.6 Å². The zero-order valence-electron chi connectivity index (χ0n) is 43.5. The maximum Gasteiger partial charge on any atom is 0.122 e. The third-order valence-corrected chi connectivity index (χ3v) is 17.3. The van der Waals surface area contributed by atoms with E-state index in [1.165, 1.54) is 32.8 Å². The summed E-state index contributed by atoms with van der Waals surface area (Å²) in [5.74, 6) is -0.256. The third kappa shape index (κ3) is 9.11. The summed E-state index contributed by atoms with van der Waals surface area (Å²) in [5, 5.41) is 10.5. The Balaban J connectivity index is 0.939. The molecule has 0 heterocycles. The van der Waals surface area contributed by atoms with Crippen molar-refractivity contribution in [2.24, 2.45) is 0 Å². The Labute approximate surface area is 468 Å². The summed E-state index contributed by atoms with van der Waals surface area (Å²) in [6.07, 6.45) is -5.02. The second-order valence-electron chi connectivity index (χ2n) is 21.0. The van der Waals surface area contributed by atoms with Crippen molar-refractivity contribution in [2.75, 3.05) is 0 Å². The molecule has 376 valence electrons. The summed E-state index contributed by atoms with van der Waals surface area (Å²) in [6, 6.07) is 116. The Morgan fingerprint density at radius 1 is 0.241 bits per heavy atom. The smallest absolute Gasteiger partial charge is 0.122 e.